The van der Waals surface area contributed by atoms with Gasteiger partial charge in [0.2, 0.25) is 5.91 Å². The third-order valence-electron chi connectivity index (χ3n) is 4.74. The Labute approximate surface area is 167 Å². The first-order valence-corrected chi connectivity index (χ1v) is 9.41. The summed E-state index contributed by atoms with van der Waals surface area (Å²) in [4.78, 5) is 24.5. The van der Waals surface area contributed by atoms with Gasteiger partial charge < -0.3 is 10.6 Å². The highest BCUT2D eigenvalue weighted by molar-refractivity contribution is 7.97. The number of carbonyl (C=O) groups excluding carboxylic acids is 2. The lowest BCUT2D eigenvalue weighted by atomic mass is 10.0. The van der Waals surface area contributed by atoms with Crippen molar-refractivity contribution in [1.82, 2.24) is 9.62 Å². The maximum Gasteiger partial charge on any atom is 0.332 e. The average molecular weight is 418 g/mol. The van der Waals surface area contributed by atoms with Gasteiger partial charge in [-0.05, 0) is 54.6 Å². The third-order valence-corrected chi connectivity index (χ3v) is 5.83. The number of nitrogens with zero attached hydrogens (tertiary/aromatic N) is 2. The summed E-state index contributed by atoms with van der Waals surface area (Å²) in [7, 11) is 0. The number of fused-ring (bicyclic) bond motifs is 2. The first-order valence-electron chi connectivity index (χ1n) is 8.63. The lowest BCUT2D eigenvalue weighted by Gasteiger charge is -2.28. The summed E-state index contributed by atoms with van der Waals surface area (Å²) in [5, 5.41) is 14.0. The molecule has 6 nitrogen and oxygen atoms in total. The Kier molecular flexibility index (Phi) is 4.84. The summed E-state index contributed by atoms with van der Waals surface area (Å²) in [5.74, 6) is -3.32. The maximum absolute atomic E-state index is 14.3. The SMILES string of the molecule is N#Cc1cc(F)c2c(c1)CCC2NC(=O)CN1Sc2c(ccc(F)c2F)NC1=O. The van der Waals surface area contributed by atoms with Crippen LogP contribution < -0.4 is 10.6 Å². The van der Waals surface area contributed by atoms with E-state index in [1.807, 2.05) is 6.07 Å². The number of benzene rings is 2. The molecule has 0 fully saturated rings. The molecule has 0 bridgehead atoms. The summed E-state index contributed by atoms with van der Waals surface area (Å²) < 4.78 is 42.7. The summed E-state index contributed by atoms with van der Waals surface area (Å²) in [5.41, 5.74) is 1.31. The summed E-state index contributed by atoms with van der Waals surface area (Å²) >= 11 is 0.621. The molecule has 1 unspecified atom stereocenters. The number of hydrogen-bond donors (Lipinski definition) is 2. The van der Waals surface area contributed by atoms with E-state index < -0.39 is 42.0 Å². The van der Waals surface area contributed by atoms with Crippen LogP contribution in [0.4, 0.5) is 23.7 Å². The minimum atomic E-state index is -1.11. The highest BCUT2D eigenvalue weighted by Crippen LogP contribution is 2.38. The van der Waals surface area contributed by atoms with Crippen molar-refractivity contribution in [1.29, 1.82) is 5.26 Å². The Balaban J connectivity index is 1.47. The van der Waals surface area contributed by atoms with Crippen molar-refractivity contribution in [3.63, 3.8) is 0 Å². The number of halogens is 3. The molecule has 2 N–H and O–H groups in total. The molecule has 2 aromatic rings. The Bertz CT molecular complexity index is 1090. The molecule has 0 saturated carbocycles. The second kappa shape index (κ2) is 7.33. The van der Waals surface area contributed by atoms with E-state index in [0.29, 0.717) is 35.9 Å². The van der Waals surface area contributed by atoms with Crippen LogP contribution in [0.15, 0.2) is 29.2 Å². The van der Waals surface area contributed by atoms with Gasteiger partial charge >= 0.3 is 6.03 Å². The van der Waals surface area contributed by atoms with Gasteiger partial charge in [0.25, 0.3) is 0 Å². The summed E-state index contributed by atoms with van der Waals surface area (Å²) in [6, 6.07) is 5.50. The van der Waals surface area contributed by atoms with Gasteiger partial charge in [-0.2, -0.15) is 5.26 Å². The molecule has 0 saturated heterocycles. The molecule has 10 heteroatoms. The van der Waals surface area contributed by atoms with Gasteiger partial charge in [-0.1, -0.05) is 0 Å². The molecule has 2 aromatic carbocycles. The summed E-state index contributed by atoms with van der Waals surface area (Å²) in [6.07, 6.45) is 0.957. The second-order valence-electron chi connectivity index (χ2n) is 6.60. The predicted octanol–water partition coefficient (Wildman–Crippen LogP) is 3.63. The second-order valence-corrected chi connectivity index (χ2v) is 7.63. The van der Waals surface area contributed by atoms with Crippen molar-refractivity contribution in [2.24, 2.45) is 0 Å². The van der Waals surface area contributed by atoms with Crippen LogP contribution >= 0.6 is 11.9 Å². The largest absolute Gasteiger partial charge is 0.348 e. The molecule has 3 amide bonds. The monoisotopic (exact) mass is 418 g/mol. The van der Waals surface area contributed by atoms with E-state index in [1.54, 1.807) is 6.07 Å². The fourth-order valence-corrected chi connectivity index (χ4v) is 4.37. The molecule has 1 atom stereocenters. The standard InChI is InChI=1S/C19H13F3N4O2S/c20-11-2-4-14-18(17(11)22)29-26(19(28)25-14)8-15(27)24-13-3-1-10-5-9(7-23)6-12(21)16(10)13/h2,4-6,13H,1,3,8H2,(H,24,27)(H,25,28). The van der Waals surface area contributed by atoms with Crippen LogP contribution in [-0.2, 0) is 11.2 Å². The third kappa shape index (κ3) is 3.49. The minimum Gasteiger partial charge on any atom is -0.348 e. The van der Waals surface area contributed by atoms with E-state index in [2.05, 4.69) is 10.6 Å². The molecule has 1 aliphatic carbocycles. The van der Waals surface area contributed by atoms with Crippen molar-refractivity contribution in [3.05, 3.63) is 58.4 Å². The highest BCUT2D eigenvalue weighted by Gasteiger charge is 2.32. The van der Waals surface area contributed by atoms with Gasteiger partial charge in [-0.3, -0.25) is 9.10 Å². The van der Waals surface area contributed by atoms with E-state index >= 15 is 0 Å². The first-order chi connectivity index (χ1) is 13.9. The molecular weight excluding hydrogens is 405 g/mol. The maximum atomic E-state index is 14.3. The Hall–Kier alpha value is -3.19. The Morgan fingerprint density at radius 1 is 1.31 bits per heavy atom. The number of rotatable bonds is 3. The predicted molar refractivity (Wildman–Crippen MR) is 98.3 cm³/mol. The highest BCUT2D eigenvalue weighted by atomic mass is 32.2. The number of anilines is 1. The molecule has 0 spiro atoms. The fraction of sp³-hybridized carbons (Fsp3) is 0.211. The summed E-state index contributed by atoms with van der Waals surface area (Å²) in [6.45, 7) is -0.435. The van der Waals surface area contributed by atoms with Gasteiger partial charge in [0.15, 0.2) is 11.6 Å². The van der Waals surface area contributed by atoms with Crippen molar-refractivity contribution < 1.29 is 22.8 Å². The van der Waals surface area contributed by atoms with E-state index in [0.717, 1.165) is 16.4 Å². The lowest BCUT2D eigenvalue weighted by molar-refractivity contribution is -0.121. The van der Waals surface area contributed by atoms with Crippen molar-refractivity contribution >= 4 is 29.6 Å². The molecule has 4 rings (SSSR count). The zero-order valence-corrected chi connectivity index (χ0v) is 15.6. The molecule has 29 heavy (non-hydrogen) atoms. The van der Waals surface area contributed by atoms with E-state index in [9.17, 15) is 22.8 Å². The van der Waals surface area contributed by atoms with Crippen LogP contribution in [0, 0.1) is 28.8 Å². The van der Waals surface area contributed by atoms with Crippen molar-refractivity contribution in [2.75, 3.05) is 11.9 Å². The quantitative estimate of drug-likeness (QED) is 0.746. The number of nitrogens with one attached hydrogen (secondary N) is 2. The topological polar surface area (TPSA) is 85.2 Å². The number of carbonyl (C=O) groups is 2. The van der Waals surface area contributed by atoms with Crippen LogP contribution in [0.3, 0.4) is 0 Å². The van der Waals surface area contributed by atoms with Crippen LogP contribution in [0.1, 0.15) is 29.2 Å². The molecule has 148 valence electrons. The van der Waals surface area contributed by atoms with Gasteiger partial charge in [-0.25, -0.2) is 18.0 Å². The molecular formula is C19H13F3N4O2S. The molecule has 0 radical (unpaired) electrons. The van der Waals surface area contributed by atoms with E-state index in [-0.39, 0.29) is 16.1 Å². The zero-order valence-electron chi connectivity index (χ0n) is 14.8. The van der Waals surface area contributed by atoms with Gasteiger partial charge in [0, 0.05) is 5.56 Å². The zero-order chi connectivity index (χ0) is 20.7. The van der Waals surface area contributed by atoms with E-state index in [1.165, 1.54) is 6.07 Å². The van der Waals surface area contributed by atoms with Gasteiger partial charge in [0.05, 0.1) is 28.3 Å². The van der Waals surface area contributed by atoms with E-state index in [4.69, 9.17) is 5.26 Å². The number of amides is 3. The number of nitriles is 1. The Morgan fingerprint density at radius 2 is 2.10 bits per heavy atom. The van der Waals surface area contributed by atoms with Crippen LogP contribution in [0.5, 0.6) is 0 Å². The lowest BCUT2D eigenvalue weighted by Crippen LogP contribution is -2.41. The fourth-order valence-electron chi connectivity index (χ4n) is 3.45. The smallest absolute Gasteiger partial charge is 0.332 e. The van der Waals surface area contributed by atoms with Crippen LogP contribution in [0.25, 0.3) is 0 Å². The van der Waals surface area contributed by atoms with Crippen molar-refractivity contribution in [2.45, 2.75) is 23.8 Å². The molecule has 1 aliphatic heterocycles. The minimum absolute atomic E-state index is 0.121. The van der Waals surface area contributed by atoms with Crippen molar-refractivity contribution in [3.8, 4) is 6.07 Å². The number of urea groups is 1. The molecule has 2 aliphatic rings. The van der Waals surface area contributed by atoms with Gasteiger partial charge in [0.1, 0.15) is 12.4 Å². The normalized spacial score (nSPS) is 17.2. The number of aryl methyl sites for hydroxylation is 1. The Morgan fingerprint density at radius 3 is 2.86 bits per heavy atom. The van der Waals surface area contributed by atoms with Gasteiger partial charge in [-0.15, -0.1) is 0 Å². The first kappa shape index (κ1) is 19.1. The molecule has 1 heterocycles. The molecule has 0 aromatic heterocycles. The van der Waals surface area contributed by atoms with Crippen LogP contribution in [0.2, 0.25) is 0 Å². The number of hydrogen-bond acceptors (Lipinski definition) is 4. The average Bonchev–Trinajstić information content (AvgIpc) is 3.09. The van der Waals surface area contributed by atoms with Crippen LogP contribution in [-0.4, -0.2) is 22.8 Å².